The quantitative estimate of drug-likeness (QED) is 0.633. The number of ether oxygens (including phenoxy) is 1. The Morgan fingerprint density at radius 1 is 1.44 bits per heavy atom. The summed E-state index contributed by atoms with van der Waals surface area (Å²) in [6, 6.07) is 7.64. The Hall–Kier alpha value is -1.16. The molecule has 0 aliphatic rings. The van der Waals surface area contributed by atoms with Crippen molar-refractivity contribution < 1.29 is 9.53 Å². The number of anilines is 1. The summed E-state index contributed by atoms with van der Waals surface area (Å²) in [6.45, 7) is 4.01. The molecule has 0 saturated carbocycles. The highest BCUT2D eigenvalue weighted by atomic mass is 32.2. The molecule has 0 radical (unpaired) electrons. The first-order valence-electron chi connectivity index (χ1n) is 5.24. The van der Waals surface area contributed by atoms with E-state index in [0.29, 0.717) is 6.61 Å². The number of hydrogen-bond acceptors (Lipinski definition) is 4. The molecule has 0 fully saturated rings. The minimum absolute atomic E-state index is 0.226. The lowest BCUT2D eigenvalue weighted by atomic mass is 10.2. The van der Waals surface area contributed by atoms with Crippen LogP contribution < -0.4 is 5.32 Å². The molecule has 0 aliphatic carbocycles. The Balaban J connectivity index is 2.55. The van der Waals surface area contributed by atoms with Crippen molar-refractivity contribution >= 4 is 23.4 Å². The number of esters is 1. The predicted molar refractivity (Wildman–Crippen MR) is 67.9 cm³/mol. The highest BCUT2D eigenvalue weighted by Gasteiger charge is 2.12. The van der Waals surface area contributed by atoms with E-state index < -0.39 is 0 Å². The summed E-state index contributed by atoms with van der Waals surface area (Å²) in [5.41, 5.74) is 0.929. The van der Waals surface area contributed by atoms with Crippen molar-refractivity contribution in [2.45, 2.75) is 24.8 Å². The number of rotatable bonds is 5. The molecule has 16 heavy (non-hydrogen) atoms. The summed E-state index contributed by atoms with van der Waals surface area (Å²) in [7, 11) is 0. The molecule has 0 aromatic heterocycles. The van der Waals surface area contributed by atoms with Gasteiger partial charge in [-0.25, -0.2) is 4.79 Å². The molecule has 1 rings (SSSR count). The van der Waals surface area contributed by atoms with Crippen molar-refractivity contribution in [3.05, 3.63) is 24.3 Å². The molecule has 3 nitrogen and oxygen atoms in total. The molecule has 0 amide bonds. The predicted octanol–water partition coefficient (Wildman–Crippen LogP) is 2.77. The Labute approximate surface area is 101 Å². The monoisotopic (exact) mass is 239 g/mol. The molecule has 1 atom stereocenters. The van der Waals surface area contributed by atoms with E-state index in [4.69, 9.17) is 4.74 Å². The average Bonchev–Trinajstić information content (AvgIpc) is 2.30. The van der Waals surface area contributed by atoms with Crippen LogP contribution in [0.3, 0.4) is 0 Å². The molecule has 0 heterocycles. The third-order valence-electron chi connectivity index (χ3n) is 2.11. The first-order valence-corrected chi connectivity index (χ1v) is 6.47. The first kappa shape index (κ1) is 12.9. The van der Waals surface area contributed by atoms with Crippen LogP contribution in [0.2, 0.25) is 0 Å². The molecular formula is C12H17NO2S. The lowest BCUT2D eigenvalue weighted by Crippen LogP contribution is -2.28. The van der Waals surface area contributed by atoms with Gasteiger partial charge >= 0.3 is 5.97 Å². The van der Waals surface area contributed by atoms with Gasteiger partial charge < -0.3 is 10.1 Å². The fourth-order valence-corrected chi connectivity index (χ4v) is 1.67. The minimum atomic E-state index is -0.319. The summed E-state index contributed by atoms with van der Waals surface area (Å²) < 4.78 is 4.92. The maximum absolute atomic E-state index is 11.4. The van der Waals surface area contributed by atoms with Crippen LogP contribution in [0, 0.1) is 0 Å². The molecule has 0 saturated heterocycles. The van der Waals surface area contributed by atoms with Gasteiger partial charge in [0.25, 0.3) is 0 Å². The molecule has 4 heteroatoms. The Kier molecular flexibility index (Phi) is 5.19. The fraction of sp³-hybridized carbons (Fsp3) is 0.417. The SMILES string of the molecule is CCOC(=O)C(C)Nc1ccc(SC)cc1. The number of nitrogens with one attached hydrogen (secondary N) is 1. The van der Waals surface area contributed by atoms with Crippen LogP contribution in [-0.2, 0) is 9.53 Å². The summed E-state index contributed by atoms with van der Waals surface area (Å²) in [4.78, 5) is 12.6. The molecule has 0 aliphatic heterocycles. The fourth-order valence-electron chi connectivity index (χ4n) is 1.26. The lowest BCUT2D eigenvalue weighted by Gasteiger charge is -2.13. The third kappa shape index (κ3) is 3.77. The maximum atomic E-state index is 11.4. The van der Waals surface area contributed by atoms with E-state index in [1.165, 1.54) is 4.90 Å². The van der Waals surface area contributed by atoms with Gasteiger partial charge in [-0.05, 0) is 44.4 Å². The molecule has 1 aromatic rings. The third-order valence-corrected chi connectivity index (χ3v) is 2.86. The summed E-state index contributed by atoms with van der Waals surface area (Å²) >= 11 is 1.69. The number of thioether (sulfide) groups is 1. The number of carbonyl (C=O) groups excluding carboxylic acids is 1. The highest BCUT2D eigenvalue weighted by Crippen LogP contribution is 2.18. The molecular weight excluding hydrogens is 222 g/mol. The van der Waals surface area contributed by atoms with Crippen molar-refractivity contribution in [2.24, 2.45) is 0 Å². The zero-order valence-corrected chi connectivity index (χ0v) is 10.6. The van der Waals surface area contributed by atoms with Gasteiger partial charge in [0.05, 0.1) is 6.61 Å². The first-order chi connectivity index (χ1) is 7.67. The second-order valence-electron chi connectivity index (χ2n) is 3.35. The molecule has 88 valence electrons. The van der Waals surface area contributed by atoms with Crippen LogP contribution in [-0.4, -0.2) is 24.9 Å². The standard InChI is InChI=1S/C12H17NO2S/c1-4-15-12(14)9(2)13-10-5-7-11(16-3)8-6-10/h5-9,13H,4H2,1-3H3. The van der Waals surface area contributed by atoms with Gasteiger partial charge in [-0.1, -0.05) is 0 Å². The van der Waals surface area contributed by atoms with E-state index in [1.54, 1.807) is 25.6 Å². The summed E-state index contributed by atoms with van der Waals surface area (Å²) in [6.07, 6.45) is 2.03. The molecule has 1 N–H and O–H groups in total. The van der Waals surface area contributed by atoms with E-state index >= 15 is 0 Å². The van der Waals surface area contributed by atoms with E-state index in [2.05, 4.69) is 5.32 Å². The average molecular weight is 239 g/mol. The van der Waals surface area contributed by atoms with Gasteiger partial charge in [0.2, 0.25) is 0 Å². The Morgan fingerprint density at radius 3 is 2.56 bits per heavy atom. The van der Waals surface area contributed by atoms with Crippen LogP contribution in [0.5, 0.6) is 0 Å². The maximum Gasteiger partial charge on any atom is 0.328 e. The molecule has 0 bridgehead atoms. The van der Waals surface area contributed by atoms with Gasteiger partial charge in [-0.2, -0.15) is 0 Å². The van der Waals surface area contributed by atoms with Crippen molar-refractivity contribution in [3.8, 4) is 0 Å². The van der Waals surface area contributed by atoms with E-state index in [9.17, 15) is 4.79 Å². The van der Waals surface area contributed by atoms with Crippen molar-refractivity contribution in [1.82, 2.24) is 0 Å². The van der Waals surface area contributed by atoms with Crippen molar-refractivity contribution in [2.75, 3.05) is 18.2 Å². The smallest absolute Gasteiger partial charge is 0.328 e. The largest absolute Gasteiger partial charge is 0.464 e. The highest BCUT2D eigenvalue weighted by molar-refractivity contribution is 7.98. The zero-order chi connectivity index (χ0) is 12.0. The van der Waals surface area contributed by atoms with Crippen LogP contribution in [0.15, 0.2) is 29.2 Å². The van der Waals surface area contributed by atoms with Crippen molar-refractivity contribution in [1.29, 1.82) is 0 Å². The minimum Gasteiger partial charge on any atom is -0.464 e. The molecule has 1 aromatic carbocycles. The molecule has 1 unspecified atom stereocenters. The van der Waals surface area contributed by atoms with Gasteiger partial charge in [0.1, 0.15) is 6.04 Å². The second-order valence-corrected chi connectivity index (χ2v) is 4.23. The van der Waals surface area contributed by atoms with Gasteiger partial charge in [-0.3, -0.25) is 0 Å². The Bertz CT molecular complexity index is 337. The van der Waals surface area contributed by atoms with Gasteiger partial charge in [0, 0.05) is 10.6 Å². The Morgan fingerprint density at radius 2 is 2.06 bits per heavy atom. The number of carbonyl (C=O) groups is 1. The van der Waals surface area contributed by atoms with Crippen LogP contribution >= 0.6 is 11.8 Å². The number of hydrogen-bond donors (Lipinski definition) is 1. The topological polar surface area (TPSA) is 38.3 Å². The van der Waals surface area contributed by atoms with E-state index in [1.807, 2.05) is 30.5 Å². The summed E-state index contributed by atoms with van der Waals surface area (Å²) in [5.74, 6) is -0.226. The van der Waals surface area contributed by atoms with Crippen LogP contribution in [0.1, 0.15) is 13.8 Å². The zero-order valence-electron chi connectivity index (χ0n) is 9.82. The lowest BCUT2D eigenvalue weighted by molar-refractivity contribution is -0.143. The van der Waals surface area contributed by atoms with Crippen LogP contribution in [0.4, 0.5) is 5.69 Å². The number of benzene rings is 1. The van der Waals surface area contributed by atoms with Crippen molar-refractivity contribution in [3.63, 3.8) is 0 Å². The van der Waals surface area contributed by atoms with Gasteiger partial charge in [-0.15, -0.1) is 11.8 Å². The van der Waals surface area contributed by atoms with E-state index in [0.717, 1.165) is 5.69 Å². The summed E-state index contributed by atoms with van der Waals surface area (Å²) in [5, 5.41) is 3.09. The second kappa shape index (κ2) is 6.43. The normalized spacial score (nSPS) is 11.9. The molecule has 0 spiro atoms. The van der Waals surface area contributed by atoms with E-state index in [-0.39, 0.29) is 12.0 Å². The van der Waals surface area contributed by atoms with Gasteiger partial charge in [0.15, 0.2) is 0 Å². The van der Waals surface area contributed by atoms with Crippen LogP contribution in [0.25, 0.3) is 0 Å².